The molecule has 0 aliphatic rings. The van der Waals surface area contributed by atoms with Gasteiger partial charge in [-0.3, -0.25) is 9.59 Å². The van der Waals surface area contributed by atoms with Crippen molar-refractivity contribution in [1.29, 1.82) is 0 Å². The van der Waals surface area contributed by atoms with E-state index in [1.54, 1.807) is 0 Å². The van der Waals surface area contributed by atoms with Gasteiger partial charge in [-0.1, -0.05) is 0 Å². The Bertz CT molecular complexity index is 455. The fourth-order valence-electron chi connectivity index (χ4n) is 1.32. The number of pyridine rings is 1. The number of carboxylic acids is 1. The van der Waals surface area contributed by atoms with Crippen LogP contribution in [0.4, 0.5) is 8.78 Å². The average molecular weight is 233 g/mol. The summed E-state index contributed by atoms with van der Waals surface area (Å²) in [5.74, 6) is -1.82. The Morgan fingerprint density at radius 2 is 2.25 bits per heavy atom. The highest BCUT2D eigenvalue weighted by molar-refractivity contribution is 5.71. The number of nitrogens with one attached hydrogen (secondary N) is 1. The van der Waals surface area contributed by atoms with E-state index in [2.05, 4.69) is 9.72 Å². The molecule has 0 aliphatic carbocycles. The molecule has 0 amide bonds. The van der Waals surface area contributed by atoms with Crippen LogP contribution in [0.2, 0.25) is 0 Å². The smallest absolute Gasteiger partial charge is 0.307 e. The molecule has 0 bridgehead atoms. The molecule has 0 saturated heterocycles. The minimum Gasteiger partial charge on any atom is -0.491 e. The van der Waals surface area contributed by atoms with Gasteiger partial charge in [-0.2, -0.15) is 0 Å². The summed E-state index contributed by atoms with van der Waals surface area (Å²) in [6.45, 7) is 0. The Balaban J connectivity index is 3.38. The molecule has 2 N–H and O–H groups in total. The minimum atomic E-state index is -2.97. The second kappa shape index (κ2) is 4.73. The largest absolute Gasteiger partial charge is 0.491 e. The van der Waals surface area contributed by atoms with Crippen LogP contribution in [0.1, 0.15) is 17.6 Å². The number of rotatable bonds is 4. The highest BCUT2D eigenvalue weighted by Gasteiger charge is 2.22. The highest BCUT2D eigenvalue weighted by Crippen LogP contribution is 2.29. The van der Waals surface area contributed by atoms with Gasteiger partial charge < -0.3 is 14.8 Å². The first-order valence-electron chi connectivity index (χ1n) is 4.25. The summed E-state index contributed by atoms with van der Waals surface area (Å²) in [7, 11) is 1.07. The molecule has 0 spiro atoms. The lowest BCUT2D eigenvalue weighted by atomic mass is 10.1. The van der Waals surface area contributed by atoms with Crippen LogP contribution in [0.15, 0.2) is 11.0 Å². The second-order valence-electron chi connectivity index (χ2n) is 2.96. The number of aliphatic carboxylic acids is 1. The third-order valence-electron chi connectivity index (χ3n) is 1.94. The van der Waals surface area contributed by atoms with Gasteiger partial charge >= 0.3 is 5.97 Å². The van der Waals surface area contributed by atoms with Crippen LogP contribution < -0.4 is 10.3 Å². The van der Waals surface area contributed by atoms with Gasteiger partial charge in [0.25, 0.3) is 12.0 Å². The van der Waals surface area contributed by atoms with Crippen LogP contribution in [-0.2, 0) is 11.2 Å². The molecule has 7 heteroatoms. The molecule has 0 saturated carbocycles. The maximum atomic E-state index is 12.7. The Labute approximate surface area is 88.7 Å². The van der Waals surface area contributed by atoms with E-state index in [1.165, 1.54) is 0 Å². The predicted molar refractivity (Wildman–Crippen MR) is 49.9 cm³/mol. The fourth-order valence-corrected chi connectivity index (χ4v) is 1.32. The van der Waals surface area contributed by atoms with Crippen molar-refractivity contribution >= 4 is 5.97 Å². The van der Waals surface area contributed by atoms with Crippen molar-refractivity contribution in [1.82, 2.24) is 4.98 Å². The summed E-state index contributed by atoms with van der Waals surface area (Å²) in [5, 5.41) is 8.53. The quantitative estimate of drug-likeness (QED) is 0.811. The number of halogens is 2. The fraction of sp³-hybridized carbons (Fsp3) is 0.333. The lowest BCUT2D eigenvalue weighted by molar-refractivity contribution is -0.136. The molecule has 0 aliphatic heterocycles. The van der Waals surface area contributed by atoms with Gasteiger partial charge in [0, 0.05) is 6.20 Å². The summed E-state index contributed by atoms with van der Waals surface area (Å²) >= 11 is 0. The first-order valence-corrected chi connectivity index (χ1v) is 4.25. The number of aromatic nitrogens is 1. The molecule has 0 radical (unpaired) electrons. The third-order valence-corrected chi connectivity index (χ3v) is 1.94. The molecule has 1 rings (SSSR count). The van der Waals surface area contributed by atoms with Crippen LogP contribution in [0.3, 0.4) is 0 Å². The van der Waals surface area contributed by atoms with Gasteiger partial charge in [-0.15, -0.1) is 0 Å². The van der Waals surface area contributed by atoms with Crippen molar-refractivity contribution in [3.05, 3.63) is 27.7 Å². The number of H-pyrrole nitrogens is 1. The minimum absolute atomic E-state index is 0.168. The van der Waals surface area contributed by atoms with Gasteiger partial charge in [0.2, 0.25) is 0 Å². The molecule has 16 heavy (non-hydrogen) atoms. The molecule has 0 fully saturated rings. The molecule has 88 valence electrons. The Morgan fingerprint density at radius 1 is 1.62 bits per heavy atom. The summed E-state index contributed by atoms with van der Waals surface area (Å²) in [6.07, 6.45) is -2.61. The van der Waals surface area contributed by atoms with E-state index in [0.717, 1.165) is 13.3 Å². The number of methoxy groups -OCH3 is 1. The van der Waals surface area contributed by atoms with E-state index in [1.807, 2.05) is 0 Å². The summed E-state index contributed by atoms with van der Waals surface area (Å²) in [6, 6.07) is 0. The molecule has 0 atom stereocenters. The maximum absolute atomic E-state index is 12.7. The summed E-state index contributed by atoms with van der Waals surface area (Å²) < 4.78 is 29.9. The van der Waals surface area contributed by atoms with Gasteiger partial charge in [0.1, 0.15) is 0 Å². The number of hydrogen-bond donors (Lipinski definition) is 2. The topological polar surface area (TPSA) is 79.4 Å². The molecule has 1 aromatic rings. The number of carboxylic acid groups (broad SMARTS) is 1. The Kier molecular flexibility index (Phi) is 3.60. The van der Waals surface area contributed by atoms with Crippen molar-refractivity contribution in [2.24, 2.45) is 0 Å². The van der Waals surface area contributed by atoms with Crippen LogP contribution in [-0.4, -0.2) is 23.2 Å². The van der Waals surface area contributed by atoms with Crippen molar-refractivity contribution < 1.29 is 23.4 Å². The Morgan fingerprint density at radius 3 is 2.69 bits per heavy atom. The van der Waals surface area contributed by atoms with E-state index >= 15 is 0 Å². The van der Waals surface area contributed by atoms with Gasteiger partial charge in [-0.25, -0.2) is 8.78 Å². The van der Waals surface area contributed by atoms with Crippen molar-refractivity contribution in [3.8, 4) is 5.75 Å². The van der Waals surface area contributed by atoms with Gasteiger partial charge in [-0.05, 0) is 5.56 Å². The van der Waals surface area contributed by atoms with E-state index in [-0.39, 0.29) is 5.56 Å². The number of carbonyl (C=O) groups is 1. The summed E-state index contributed by atoms with van der Waals surface area (Å²) in [5.41, 5.74) is -1.65. The van der Waals surface area contributed by atoms with Crippen LogP contribution in [0.25, 0.3) is 0 Å². The zero-order valence-electron chi connectivity index (χ0n) is 8.29. The van der Waals surface area contributed by atoms with Crippen LogP contribution in [0, 0.1) is 0 Å². The monoisotopic (exact) mass is 233 g/mol. The maximum Gasteiger partial charge on any atom is 0.307 e. The zero-order valence-corrected chi connectivity index (χ0v) is 8.29. The van der Waals surface area contributed by atoms with E-state index in [0.29, 0.717) is 0 Å². The van der Waals surface area contributed by atoms with Crippen molar-refractivity contribution in [2.75, 3.05) is 7.11 Å². The molecular weight excluding hydrogens is 224 g/mol. The van der Waals surface area contributed by atoms with Crippen LogP contribution in [0.5, 0.6) is 5.75 Å². The molecular formula is C9H9F2NO4. The van der Waals surface area contributed by atoms with E-state index in [4.69, 9.17) is 5.11 Å². The third kappa shape index (κ3) is 2.36. The lowest BCUT2D eigenvalue weighted by Crippen LogP contribution is -2.16. The molecule has 1 aromatic heterocycles. The molecule has 0 unspecified atom stereocenters. The number of ether oxygens (including phenoxy) is 1. The standard InChI is InChI=1S/C9H9F2NO4/c1-16-7-6(8(10)11)4(2-5(13)14)3-12-9(7)15/h3,8H,2H2,1H3,(H,12,15)(H,13,14). The van der Waals surface area contributed by atoms with Crippen LogP contribution >= 0.6 is 0 Å². The van der Waals surface area contributed by atoms with E-state index in [9.17, 15) is 18.4 Å². The van der Waals surface area contributed by atoms with E-state index < -0.39 is 35.7 Å². The molecule has 5 nitrogen and oxygen atoms in total. The van der Waals surface area contributed by atoms with Crippen molar-refractivity contribution in [3.63, 3.8) is 0 Å². The highest BCUT2D eigenvalue weighted by atomic mass is 19.3. The van der Waals surface area contributed by atoms with Gasteiger partial charge in [0.05, 0.1) is 19.1 Å². The first kappa shape index (κ1) is 12.2. The molecule has 1 heterocycles. The molecule has 0 aromatic carbocycles. The number of hydrogen-bond acceptors (Lipinski definition) is 3. The first-order chi connectivity index (χ1) is 7.47. The zero-order chi connectivity index (χ0) is 12.3. The predicted octanol–water partition coefficient (Wildman–Crippen LogP) is 0.948. The summed E-state index contributed by atoms with van der Waals surface area (Å²) in [4.78, 5) is 23.7. The SMILES string of the molecule is COc1c(C(F)F)c(CC(=O)O)c[nH]c1=O. The average Bonchev–Trinajstić information content (AvgIpc) is 2.18. The normalized spacial score (nSPS) is 10.5. The number of aromatic amines is 1. The van der Waals surface area contributed by atoms with Gasteiger partial charge in [0.15, 0.2) is 5.75 Å². The second-order valence-corrected chi connectivity index (χ2v) is 2.96. The number of alkyl halides is 2. The van der Waals surface area contributed by atoms with Crippen molar-refractivity contribution in [2.45, 2.75) is 12.8 Å². The Hall–Kier alpha value is -1.92. The lowest BCUT2D eigenvalue weighted by Gasteiger charge is -2.10.